The number of nitrogens with zero attached hydrogens (tertiary/aromatic N) is 2. The molecule has 2 aromatic rings. The van der Waals surface area contributed by atoms with E-state index in [1.807, 2.05) is 6.92 Å². The van der Waals surface area contributed by atoms with Gasteiger partial charge in [0, 0.05) is 17.1 Å². The Morgan fingerprint density at radius 3 is 2.25 bits per heavy atom. The van der Waals surface area contributed by atoms with Crippen molar-refractivity contribution in [2.24, 2.45) is 11.3 Å². The van der Waals surface area contributed by atoms with Crippen molar-refractivity contribution in [3.05, 3.63) is 41.7 Å². The predicted octanol–water partition coefficient (Wildman–Crippen LogP) is 3.66. The van der Waals surface area contributed by atoms with Crippen LogP contribution in [0.4, 0.5) is 11.6 Å². The van der Waals surface area contributed by atoms with Crippen LogP contribution in [0.1, 0.15) is 44.5 Å². The summed E-state index contributed by atoms with van der Waals surface area (Å²) < 4.78 is 27.6. The van der Waals surface area contributed by atoms with E-state index in [1.54, 1.807) is 32.0 Å². The first-order chi connectivity index (χ1) is 13.2. The van der Waals surface area contributed by atoms with E-state index in [1.165, 1.54) is 12.1 Å². The number of hydrogen-bond acceptors (Lipinski definition) is 5. The number of benzene rings is 1. The van der Waals surface area contributed by atoms with Crippen molar-refractivity contribution in [3.63, 3.8) is 0 Å². The van der Waals surface area contributed by atoms with Crippen molar-refractivity contribution in [2.75, 3.05) is 10.0 Å². The zero-order chi connectivity index (χ0) is 20.5. The van der Waals surface area contributed by atoms with Crippen LogP contribution in [0.3, 0.4) is 0 Å². The molecule has 0 spiro atoms. The van der Waals surface area contributed by atoms with E-state index in [-0.39, 0.29) is 22.2 Å². The summed E-state index contributed by atoms with van der Waals surface area (Å²) in [5, 5.41) is 2.93. The maximum Gasteiger partial charge on any atom is 0.264 e. The molecular formula is C20H26N4O3S. The normalized spacial score (nSPS) is 21.6. The van der Waals surface area contributed by atoms with Gasteiger partial charge in [0.15, 0.2) is 0 Å². The average molecular weight is 403 g/mol. The number of nitrogens with one attached hydrogen (secondary N) is 2. The van der Waals surface area contributed by atoms with Crippen LogP contribution in [0.5, 0.6) is 0 Å². The van der Waals surface area contributed by atoms with Gasteiger partial charge in [0.2, 0.25) is 11.9 Å². The van der Waals surface area contributed by atoms with Gasteiger partial charge in [-0.25, -0.2) is 23.1 Å². The highest BCUT2D eigenvalue weighted by Gasteiger charge is 2.48. The molecule has 2 N–H and O–H groups in total. The topological polar surface area (TPSA) is 101 Å². The van der Waals surface area contributed by atoms with Crippen LogP contribution in [-0.2, 0) is 14.8 Å². The van der Waals surface area contributed by atoms with Gasteiger partial charge in [-0.15, -0.1) is 0 Å². The first-order valence-corrected chi connectivity index (χ1v) is 10.9. The second-order valence-corrected chi connectivity index (χ2v) is 9.19. The quantitative estimate of drug-likeness (QED) is 0.768. The molecule has 1 amide bonds. The molecule has 28 heavy (non-hydrogen) atoms. The fourth-order valence-corrected chi connectivity index (χ4v) is 4.67. The van der Waals surface area contributed by atoms with Gasteiger partial charge in [-0.3, -0.25) is 4.79 Å². The molecule has 0 aliphatic heterocycles. The summed E-state index contributed by atoms with van der Waals surface area (Å²) in [5.41, 5.74) is 1.63. The van der Waals surface area contributed by atoms with E-state index >= 15 is 0 Å². The van der Waals surface area contributed by atoms with Crippen molar-refractivity contribution >= 4 is 27.6 Å². The van der Waals surface area contributed by atoms with Gasteiger partial charge in [0.1, 0.15) is 0 Å². The zero-order valence-corrected chi connectivity index (χ0v) is 17.4. The van der Waals surface area contributed by atoms with Crippen molar-refractivity contribution in [2.45, 2.75) is 51.9 Å². The molecule has 1 aliphatic rings. The SMILES string of the molecule is CCC1(C(=O)Nc2ccc(S(=O)(=O)Nc3nc(C)cc(C)n3)cc2)CCC1C. The molecule has 3 rings (SSSR count). The standard InChI is InChI=1S/C20H26N4O3S/c1-5-20(11-10-13(20)2)18(25)23-16-6-8-17(9-7-16)28(26,27)24-19-21-14(3)12-15(4)22-19/h6-9,12-13H,5,10-11H2,1-4H3,(H,23,25)(H,21,22,24). The molecule has 1 fully saturated rings. The molecule has 0 bridgehead atoms. The molecule has 0 saturated heterocycles. The Kier molecular flexibility index (Phi) is 5.43. The molecule has 1 aromatic carbocycles. The number of sulfonamides is 1. The monoisotopic (exact) mass is 402 g/mol. The maximum atomic E-state index is 12.7. The molecule has 7 nitrogen and oxygen atoms in total. The summed E-state index contributed by atoms with van der Waals surface area (Å²) in [7, 11) is -3.82. The van der Waals surface area contributed by atoms with Crippen LogP contribution in [0.2, 0.25) is 0 Å². The minimum Gasteiger partial charge on any atom is -0.326 e. The number of hydrogen-bond donors (Lipinski definition) is 2. The predicted molar refractivity (Wildman–Crippen MR) is 109 cm³/mol. The summed E-state index contributed by atoms with van der Waals surface area (Å²) in [4.78, 5) is 21.0. The summed E-state index contributed by atoms with van der Waals surface area (Å²) in [6.45, 7) is 7.68. The Morgan fingerprint density at radius 2 is 1.79 bits per heavy atom. The van der Waals surface area contributed by atoms with E-state index in [2.05, 4.69) is 26.9 Å². The van der Waals surface area contributed by atoms with E-state index < -0.39 is 10.0 Å². The Morgan fingerprint density at radius 1 is 1.18 bits per heavy atom. The number of amides is 1. The highest BCUT2D eigenvalue weighted by Crippen LogP contribution is 2.49. The third-order valence-corrected chi connectivity index (χ3v) is 7.02. The average Bonchev–Trinajstić information content (AvgIpc) is 2.60. The number of aryl methyl sites for hydroxylation is 2. The van der Waals surface area contributed by atoms with Gasteiger partial charge < -0.3 is 5.32 Å². The van der Waals surface area contributed by atoms with Gasteiger partial charge in [0.05, 0.1) is 10.3 Å². The van der Waals surface area contributed by atoms with Crippen molar-refractivity contribution in [1.29, 1.82) is 0 Å². The van der Waals surface area contributed by atoms with Gasteiger partial charge in [-0.05, 0) is 69.4 Å². The molecule has 2 atom stereocenters. The fourth-order valence-electron chi connectivity index (χ4n) is 3.73. The van der Waals surface area contributed by atoms with Crippen LogP contribution in [0, 0.1) is 25.2 Å². The fraction of sp³-hybridized carbons (Fsp3) is 0.450. The largest absolute Gasteiger partial charge is 0.326 e. The van der Waals surface area contributed by atoms with Gasteiger partial charge in [-0.1, -0.05) is 13.8 Å². The first kappa shape index (κ1) is 20.3. The number of anilines is 2. The van der Waals surface area contributed by atoms with Gasteiger partial charge in [-0.2, -0.15) is 0 Å². The molecule has 1 aromatic heterocycles. The third kappa shape index (κ3) is 3.87. The van der Waals surface area contributed by atoms with Crippen LogP contribution in [-0.4, -0.2) is 24.3 Å². The molecule has 1 heterocycles. The second-order valence-electron chi connectivity index (χ2n) is 7.51. The molecular weight excluding hydrogens is 376 g/mol. The Balaban J connectivity index is 1.73. The van der Waals surface area contributed by atoms with Crippen LogP contribution in [0.25, 0.3) is 0 Å². The molecule has 1 aliphatic carbocycles. The highest BCUT2D eigenvalue weighted by atomic mass is 32.2. The highest BCUT2D eigenvalue weighted by molar-refractivity contribution is 7.92. The van der Waals surface area contributed by atoms with Crippen molar-refractivity contribution in [1.82, 2.24) is 9.97 Å². The number of aromatic nitrogens is 2. The smallest absolute Gasteiger partial charge is 0.264 e. The van der Waals surface area contributed by atoms with E-state index in [0.717, 1.165) is 19.3 Å². The van der Waals surface area contributed by atoms with E-state index in [0.29, 0.717) is 23.0 Å². The lowest BCUT2D eigenvalue weighted by Gasteiger charge is -2.46. The Bertz CT molecular complexity index is 965. The van der Waals surface area contributed by atoms with Crippen molar-refractivity contribution < 1.29 is 13.2 Å². The summed E-state index contributed by atoms with van der Waals surface area (Å²) in [6.07, 6.45) is 2.75. The summed E-state index contributed by atoms with van der Waals surface area (Å²) in [6, 6.07) is 7.89. The zero-order valence-electron chi connectivity index (χ0n) is 16.6. The Hall–Kier alpha value is -2.48. The minimum atomic E-state index is -3.82. The molecule has 2 unspecified atom stereocenters. The summed E-state index contributed by atoms with van der Waals surface area (Å²) >= 11 is 0. The van der Waals surface area contributed by atoms with Gasteiger partial charge >= 0.3 is 0 Å². The van der Waals surface area contributed by atoms with Crippen LogP contribution < -0.4 is 10.0 Å². The minimum absolute atomic E-state index is 0.00566. The number of rotatable bonds is 6. The lowest BCUT2D eigenvalue weighted by molar-refractivity contribution is -0.135. The molecule has 1 saturated carbocycles. The summed E-state index contributed by atoms with van der Waals surface area (Å²) in [5.74, 6) is 0.406. The van der Waals surface area contributed by atoms with E-state index in [4.69, 9.17) is 0 Å². The molecule has 0 radical (unpaired) electrons. The van der Waals surface area contributed by atoms with E-state index in [9.17, 15) is 13.2 Å². The lowest BCUT2D eigenvalue weighted by Crippen LogP contribution is -2.47. The van der Waals surface area contributed by atoms with Gasteiger partial charge in [0.25, 0.3) is 10.0 Å². The number of carbonyl (C=O) groups excluding carboxylic acids is 1. The lowest BCUT2D eigenvalue weighted by atomic mass is 9.59. The number of carbonyl (C=O) groups is 1. The van der Waals surface area contributed by atoms with Crippen LogP contribution >= 0.6 is 0 Å². The molecule has 8 heteroatoms. The second kappa shape index (κ2) is 7.50. The third-order valence-electron chi connectivity index (χ3n) is 5.68. The molecule has 150 valence electrons. The maximum absolute atomic E-state index is 12.7. The first-order valence-electron chi connectivity index (χ1n) is 9.43. The Labute approximate surface area is 166 Å². The van der Waals surface area contributed by atoms with Crippen LogP contribution in [0.15, 0.2) is 35.2 Å². The van der Waals surface area contributed by atoms with Crippen molar-refractivity contribution in [3.8, 4) is 0 Å².